The van der Waals surface area contributed by atoms with Crippen molar-refractivity contribution in [3.05, 3.63) is 29.3 Å². The molecule has 1 saturated carbocycles. The second kappa shape index (κ2) is 8.71. The molecular weight excluding hydrogens is 362 g/mol. The van der Waals surface area contributed by atoms with Gasteiger partial charge in [-0.2, -0.15) is 4.31 Å². The zero-order valence-electron chi connectivity index (χ0n) is 16.4. The summed E-state index contributed by atoms with van der Waals surface area (Å²) in [5, 5.41) is 3.13. The van der Waals surface area contributed by atoms with Crippen LogP contribution in [0.25, 0.3) is 0 Å². The molecule has 1 aliphatic carbocycles. The molecule has 1 aliphatic heterocycles. The van der Waals surface area contributed by atoms with E-state index in [-0.39, 0.29) is 5.91 Å². The Labute approximate surface area is 163 Å². The lowest BCUT2D eigenvalue weighted by atomic mass is 9.95. The zero-order valence-corrected chi connectivity index (χ0v) is 17.2. The van der Waals surface area contributed by atoms with Gasteiger partial charge in [0, 0.05) is 32.2 Å². The topological polar surface area (TPSA) is 69.7 Å². The van der Waals surface area contributed by atoms with Crippen LogP contribution in [0.1, 0.15) is 43.2 Å². The maximum absolute atomic E-state index is 12.9. The van der Waals surface area contributed by atoms with Crippen molar-refractivity contribution in [3.63, 3.8) is 0 Å². The number of rotatable bonds is 5. The lowest BCUT2D eigenvalue weighted by Gasteiger charge is -2.34. The normalized spacial score (nSPS) is 20.5. The predicted octanol–water partition coefficient (Wildman–Crippen LogP) is 2.06. The van der Waals surface area contributed by atoms with Gasteiger partial charge in [-0.1, -0.05) is 25.3 Å². The molecule has 1 heterocycles. The van der Waals surface area contributed by atoms with E-state index in [0.717, 1.165) is 24.0 Å². The third-order valence-electron chi connectivity index (χ3n) is 5.78. The van der Waals surface area contributed by atoms with Crippen LogP contribution < -0.4 is 5.32 Å². The van der Waals surface area contributed by atoms with E-state index in [1.165, 1.54) is 23.6 Å². The van der Waals surface area contributed by atoms with Crippen molar-refractivity contribution in [2.45, 2.75) is 56.9 Å². The Hall–Kier alpha value is -1.44. The van der Waals surface area contributed by atoms with E-state index in [9.17, 15) is 13.2 Å². The molecule has 1 amide bonds. The Morgan fingerprint density at radius 1 is 1.04 bits per heavy atom. The molecule has 1 aromatic carbocycles. The molecule has 1 N–H and O–H groups in total. The van der Waals surface area contributed by atoms with Crippen LogP contribution in [-0.4, -0.2) is 62.3 Å². The molecule has 7 heteroatoms. The fourth-order valence-electron chi connectivity index (χ4n) is 3.87. The molecule has 0 spiro atoms. The number of carbonyl (C=O) groups excluding carboxylic acids is 1. The quantitative estimate of drug-likeness (QED) is 0.831. The van der Waals surface area contributed by atoms with Crippen molar-refractivity contribution in [1.29, 1.82) is 0 Å². The van der Waals surface area contributed by atoms with Gasteiger partial charge in [0.25, 0.3) is 0 Å². The third-order valence-corrected chi connectivity index (χ3v) is 7.68. The summed E-state index contributed by atoms with van der Waals surface area (Å²) in [4.78, 5) is 14.7. The summed E-state index contributed by atoms with van der Waals surface area (Å²) in [6, 6.07) is 5.60. The first-order valence-electron chi connectivity index (χ1n) is 9.95. The van der Waals surface area contributed by atoms with Crippen molar-refractivity contribution >= 4 is 15.9 Å². The number of hydrogen-bond donors (Lipinski definition) is 1. The number of nitrogens with one attached hydrogen (secondary N) is 1. The fourth-order valence-corrected chi connectivity index (χ4v) is 5.38. The van der Waals surface area contributed by atoms with Crippen LogP contribution in [0.15, 0.2) is 23.1 Å². The Morgan fingerprint density at radius 2 is 1.70 bits per heavy atom. The highest BCUT2D eigenvalue weighted by Crippen LogP contribution is 2.21. The van der Waals surface area contributed by atoms with E-state index in [0.29, 0.717) is 43.7 Å². The van der Waals surface area contributed by atoms with Gasteiger partial charge < -0.3 is 5.32 Å². The van der Waals surface area contributed by atoms with Crippen LogP contribution >= 0.6 is 0 Å². The first-order valence-corrected chi connectivity index (χ1v) is 11.4. The van der Waals surface area contributed by atoms with Crippen molar-refractivity contribution in [2.24, 2.45) is 0 Å². The van der Waals surface area contributed by atoms with E-state index >= 15 is 0 Å². The fraction of sp³-hybridized carbons (Fsp3) is 0.650. The molecule has 0 atom stereocenters. The minimum Gasteiger partial charge on any atom is -0.352 e. The molecule has 0 aromatic heterocycles. The maximum atomic E-state index is 12.9. The second-order valence-corrected chi connectivity index (χ2v) is 9.77. The average molecular weight is 394 g/mol. The highest BCUT2D eigenvalue weighted by atomic mass is 32.2. The molecule has 0 unspecified atom stereocenters. The average Bonchev–Trinajstić information content (AvgIpc) is 2.65. The predicted molar refractivity (Wildman–Crippen MR) is 106 cm³/mol. The molecule has 150 valence electrons. The number of carbonyl (C=O) groups is 1. The lowest BCUT2D eigenvalue weighted by Crippen LogP contribution is -2.51. The van der Waals surface area contributed by atoms with Gasteiger partial charge in [-0.05, 0) is 49.9 Å². The summed E-state index contributed by atoms with van der Waals surface area (Å²) in [5.74, 6) is 0.0624. The van der Waals surface area contributed by atoms with E-state index < -0.39 is 10.0 Å². The number of nitrogens with zero attached hydrogens (tertiary/aromatic N) is 2. The summed E-state index contributed by atoms with van der Waals surface area (Å²) >= 11 is 0. The second-order valence-electron chi connectivity index (χ2n) is 7.83. The SMILES string of the molecule is Cc1ccc(S(=O)(=O)N2CCN(CC(=O)NC3CCCCC3)CC2)cc1C. The molecule has 27 heavy (non-hydrogen) atoms. The van der Waals surface area contributed by atoms with Crippen molar-refractivity contribution < 1.29 is 13.2 Å². The van der Waals surface area contributed by atoms with Gasteiger partial charge >= 0.3 is 0 Å². The Bertz CT molecular complexity index is 765. The van der Waals surface area contributed by atoms with Crippen LogP contribution in [0.4, 0.5) is 0 Å². The number of piperazine rings is 1. The maximum Gasteiger partial charge on any atom is 0.243 e. The summed E-state index contributed by atoms with van der Waals surface area (Å²) in [6.07, 6.45) is 5.81. The van der Waals surface area contributed by atoms with Gasteiger partial charge in [0.05, 0.1) is 11.4 Å². The Morgan fingerprint density at radius 3 is 2.33 bits per heavy atom. The Kier molecular flexibility index (Phi) is 6.55. The number of aryl methyl sites for hydroxylation is 2. The van der Waals surface area contributed by atoms with Crippen molar-refractivity contribution in [3.8, 4) is 0 Å². The smallest absolute Gasteiger partial charge is 0.243 e. The monoisotopic (exact) mass is 393 g/mol. The molecular formula is C20H31N3O3S. The molecule has 0 radical (unpaired) electrons. The molecule has 1 saturated heterocycles. The molecule has 2 aliphatic rings. The minimum atomic E-state index is -3.47. The lowest BCUT2D eigenvalue weighted by molar-refractivity contribution is -0.123. The first kappa shape index (κ1) is 20.3. The highest BCUT2D eigenvalue weighted by molar-refractivity contribution is 7.89. The first-order chi connectivity index (χ1) is 12.9. The molecule has 1 aromatic rings. The van der Waals surface area contributed by atoms with E-state index in [2.05, 4.69) is 5.32 Å². The number of benzene rings is 1. The summed E-state index contributed by atoms with van der Waals surface area (Å²) in [6.45, 7) is 6.27. The highest BCUT2D eigenvalue weighted by Gasteiger charge is 2.29. The van der Waals surface area contributed by atoms with Crippen LogP contribution in [-0.2, 0) is 14.8 Å². The van der Waals surface area contributed by atoms with Crippen molar-refractivity contribution in [2.75, 3.05) is 32.7 Å². The van der Waals surface area contributed by atoms with Crippen LogP contribution in [0.2, 0.25) is 0 Å². The van der Waals surface area contributed by atoms with Gasteiger partial charge in [0.1, 0.15) is 0 Å². The van der Waals surface area contributed by atoms with Crippen molar-refractivity contribution in [1.82, 2.24) is 14.5 Å². The van der Waals surface area contributed by atoms with Crippen LogP contribution in [0.3, 0.4) is 0 Å². The van der Waals surface area contributed by atoms with Crippen LogP contribution in [0.5, 0.6) is 0 Å². The van der Waals surface area contributed by atoms with E-state index in [1.807, 2.05) is 24.8 Å². The summed E-state index contributed by atoms with van der Waals surface area (Å²) in [5.41, 5.74) is 2.07. The summed E-state index contributed by atoms with van der Waals surface area (Å²) < 4.78 is 27.3. The van der Waals surface area contributed by atoms with Gasteiger partial charge in [-0.25, -0.2) is 8.42 Å². The molecule has 6 nitrogen and oxygen atoms in total. The molecule has 2 fully saturated rings. The van der Waals surface area contributed by atoms with Gasteiger partial charge in [-0.15, -0.1) is 0 Å². The minimum absolute atomic E-state index is 0.0624. The molecule has 3 rings (SSSR count). The van der Waals surface area contributed by atoms with Crippen LogP contribution in [0, 0.1) is 13.8 Å². The van der Waals surface area contributed by atoms with E-state index in [1.54, 1.807) is 12.1 Å². The zero-order chi connectivity index (χ0) is 19.4. The third kappa shape index (κ3) is 5.09. The number of amides is 1. The molecule has 0 bridgehead atoms. The Balaban J connectivity index is 1.51. The summed E-state index contributed by atoms with van der Waals surface area (Å²) in [7, 11) is -3.47. The van der Waals surface area contributed by atoms with Gasteiger partial charge in [0.2, 0.25) is 15.9 Å². The van der Waals surface area contributed by atoms with Gasteiger partial charge in [-0.3, -0.25) is 9.69 Å². The van der Waals surface area contributed by atoms with Gasteiger partial charge in [0.15, 0.2) is 0 Å². The number of hydrogen-bond acceptors (Lipinski definition) is 4. The number of sulfonamides is 1. The standard InChI is InChI=1S/C20H31N3O3S/c1-16-8-9-19(14-17(16)2)27(25,26)23-12-10-22(11-13-23)15-20(24)21-18-6-4-3-5-7-18/h8-9,14,18H,3-7,10-13,15H2,1-2H3,(H,21,24). The largest absolute Gasteiger partial charge is 0.352 e. The van der Waals surface area contributed by atoms with E-state index in [4.69, 9.17) is 0 Å².